The first-order valence-corrected chi connectivity index (χ1v) is 13.1. The predicted octanol–water partition coefficient (Wildman–Crippen LogP) is 4.70. The normalized spacial score (nSPS) is 16.0. The molecule has 0 heterocycles. The number of carbonyl (C=O) groups is 4. The molecule has 0 bridgehead atoms. The third kappa shape index (κ3) is 9.46. The summed E-state index contributed by atoms with van der Waals surface area (Å²) >= 11 is 0. The summed E-state index contributed by atoms with van der Waals surface area (Å²) in [5.74, 6) is -4.80. The van der Waals surface area contributed by atoms with E-state index < -0.39 is 41.7 Å². The van der Waals surface area contributed by atoms with E-state index in [2.05, 4.69) is 0 Å². The molecule has 9 nitrogen and oxygen atoms in total. The zero-order valence-corrected chi connectivity index (χ0v) is 23.1. The van der Waals surface area contributed by atoms with Gasteiger partial charge >= 0.3 is 23.9 Å². The molecule has 1 aromatic rings. The third-order valence-corrected chi connectivity index (χ3v) is 6.70. The standard InChI is InChI=1S/C28H43NO8/c1-8-11-18(6)26(32)35-15-19(7)23(24(29)25(30)31)20-12-13-21(36-27(33)16(4)9-2)22(14-20)37-28(34)17(5)10-3/h12-14,16-19,23-24H,8-11,15,29H2,1-7H3,(H,30,31)/t16?,17?,18?,19?,23?,24-/m0/s1. The van der Waals surface area contributed by atoms with Gasteiger partial charge in [-0.25, -0.2) is 0 Å². The number of carboxylic acid groups (broad SMARTS) is 1. The van der Waals surface area contributed by atoms with Crippen LogP contribution in [0.1, 0.15) is 85.6 Å². The molecule has 0 spiro atoms. The number of benzene rings is 1. The van der Waals surface area contributed by atoms with E-state index >= 15 is 0 Å². The van der Waals surface area contributed by atoms with Crippen molar-refractivity contribution in [3.63, 3.8) is 0 Å². The van der Waals surface area contributed by atoms with Crippen molar-refractivity contribution < 1.29 is 38.5 Å². The first-order chi connectivity index (χ1) is 17.4. The molecule has 208 valence electrons. The van der Waals surface area contributed by atoms with Crippen molar-refractivity contribution in [3.05, 3.63) is 23.8 Å². The fourth-order valence-electron chi connectivity index (χ4n) is 3.70. The first kappa shape index (κ1) is 32.1. The van der Waals surface area contributed by atoms with Gasteiger partial charge in [-0.1, -0.05) is 61.0 Å². The fraction of sp³-hybridized carbons (Fsp3) is 0.643. The summed E-state index contributed by atoms with van der Waals surface area (Å²) in [7, 11) is 0. The molecule has 0 saturated carbocycles. The molecule has 0 amide bonds. The van der Waals surface area contributed by atoms with Crippen LogP contribution in [-0.4, -0.2) is 41.6 Å². The Labute approximate surface area is 220 Å². The van der Waals surface area contributed by atoms with Gasteiger partial charge in [0.1, 0.15) is 6.04 Å². The Hall–Kier alpha value is -2.94. The average Bonchev–Trinajstić information content (AvgIpc) is 2.87. The lowest BCUT2D eigenvalue weighted by molar-refractivity contribution is -0.150. The molecule has 1 rings (SSSR count). The Morgan fingerprint density at radius 1 is 0.838 bits per heavy atom. The number of aliphatic carboxylic acids is 1. The molecule has 3 N–H and O–H groups in total. The van der Waals surface area contributed by atoms with Crippen molar-refractivity contribution in [2.24, 2.45) is 29.4 Å². The minimum absolute atomic E-state index is 0.00260. The van der Waals surface area contributed by atoms with E-state index in [0.29, 0.717) is 24.8 Å². The minimum atomic E-state index is -1.33. The Morgan fingerprint density at radius 2 is 1.38 bits per heavy atom. The molecule has 1 aromatic carbocycles. The quantitative estimate of drug-likeness (QED) is 0.248. The largest absolute Gasteiger partial charge is 0.480 e. The van der Waals surface area contributed by atoms with Gasteiger partial charge in [-0.2, -0.15) is 0 Å². The van der Waals surface area contributed by atoms with Gasteiger partial charge in [0.25, 0.3) is 0 Å². The molecular weight excluding hydrogens is 478 g/mol. The van der Waals surface area contributed by atoms with Crippen LogP contribution in [0.2, 0.25) is 0 Å². The van der Waals surface area contributed by atoms with Crippen LogP contribution in [0, 0.1) is 23.7 Å². The van der Waals surface area contributed by atoms with Crippen molar-refractivity contribution in [2.45, 2.75) is 86.1 Å². The second-order valence-corrected chi connectivity index (χ2v) is 9.85. The van der Waals surface area contributed by atoms with Gasteiger partial charge in [-0.15, -0.1) is 0 Å². The highest BCUT2D eigenvalue weighted by atomic mass is 16.6. The van der Waals surface area contributed by atoms with E-state index in [1.54, 1.807) is 33.8 Å². The highest BCUT2D eigenvalue weighted by Gasteiger charge is 2.33. The second kappa shape index (κ2) is 15.3. The van der Waals surface area contributed by atoms with E-state index in [0.717, 1.165) is 6.42 Å². The van der Waals surface area contributed by atoms with Crippen molar-refractivity contribution in [1.29, 1.82) is 0 Å². The van der Waals surface area contributed by atoms with Gasteiger partial charge in [0.05, 0.1) is 24.4 Å². The molecule has 5 unspecified atom stereocenters. The topological polar surface area (TPSA) is 142 Å². The third-order valence-electron chi connectivity index (χ3n) is 6.70. The molecule has 0 aliphatic carbocycles. The van der Waals surface area contributed by atoms with Crippen molar-refractivity contribution in [1.82, 2.24) is 0 Å². The number of esters is 3. The lowest BCUT2D eigenvalue weighted by Gasteiger charge is -2.28. The molecule has 0 radical (unpaired) electrons. The van der Waals surface area contributed by atoms with Gasteiger partial charge in [0.2, 0.25) is 0 Å². The molecule has 0 saturated heterocycles. The van der Waals surface area contributed by atoms with Gasteiger partial charge in [-0.3, -0.25) is 19.2 Å². The van der Waals surface area contributed by atoms with Crippen LogP contribution >= 0.6 is 0 Å². The zero-order valence-electron chi connectivity index (χ0n) is 23.1. The summed E-state index contributed by atoms with van der Waals surface area (Å²) in [6.45, 7) is 12.6. The number of rotatable bonds is 15. The highest BCUT2D eigenvalue weighted by Crippen LogP contribution is 2.36. The average molecular weight is 522 g/mol. The summed E-state index contributed by atoms with van der Waals surface area (Å²) in [6.07, 6.45) is 2.64. The molecule has 0 aliphatic rings. The van der Waals surface area contributed by atoms with Crippen LogP contribution in [0.4, 0.5) is 0 Å². The summed E-state index contributed by atoms with van der Waals surface area (Å²) in [5.41, 5.74) is 6.53. The molecule has 0 aromatic heterocycles. The van der Waals surface area contributed by atoms with Gasteiger partial charge in [-0.05, 0) is 42.9 Å². The summed E-state index contributed by atoms with van der Waals surface area (Å²) < 4.78 is 16.6. The van der Waals surface area contributed by atoms with Crippen LogP contribution in [0.25, 0.3) is 0 Å². The smallest absolute Gasteiger partial charge is 0.321 e. The monoisotopic (exact) mass is 521 g/mol. The number of hydrogen-bond donors (Lipinski definition) is 2. The van der Waals surface area contributed by atoms with E-state index in [1.807, 2.05) is 20.8 Å². The molecule has 9 heteroatoms. The summed E-state index contributed by atoms with van der Waals surface area (Å²) in [4.78, 5) is 49.2. The van der Waals surface area contributed by atoms with Crippen molar-refractivity contribution in [2.75, 3.05) is 6.61 Å². The summed E-state index contributed by atoms with van der Waals surface area (Å²) in [5, 5.41) is 9.69. The van der Waals surface area contributed by atoms with E-state index in [1.165, 1.54) is 12.1 Å². The summed E-state index contributed by atoms with van der Waals surface area (Å²) in [6, 6.07) is 3.21. The first-order valence-electron chi connectivity index (χ1n) is 13.1. The van der Waals surface area contributed by atoms with E-state index in [4.69, 9.17) is 19.9 Å². The van der Waals surface area contributed by atoms with Crippen LogP contribution in [0.5, 0.6) is 11.5 Å². The highest BCUT2D eigenvalue weighted by molar-refractivity contribution is 5.79. The van der Waals surface area contributed by atoms with Crippen LogP contribution < -0.4 is 15.2 Å². The Bertz CT molecular complexity index is 931. The van der Waals surface area contributed by atoms with Gasteiger partial charge in [0, 0.05) is 5.92 Å². The fourth-order valence-corrected chi connectivity index (χ4v) is 3.70. The van der Waals surface area contributed by atoms with Crippen molar-refractivity contribution in [3.8, 4) is 11.5 Å². The van der Waals surface area contributed by atoms with Gasteiger partial charge in [0.15, 0.2) is 11.5 Å². The maximum atomic E-state index is 12.6. The van der Waals surface area contributed by atoms with Crippen LogP contribution in [0.15, 0.2) is 18.2 Å². The molecule has 0 aliphatic heterocycles. The van der Waals surface area contributed by atoms with E-state index in [9.17, 15) is 24.3 Å². The SMILES string of the molecule is CCCC(C)C(=O)OCC(C)C(c1ccc(OC(=O)C(C)CC)c(OC(=O)C(C)CC)c1)[C@H](N)C(=O)O. The van der Waals surface area contributed by atoms with Crippen LogP contribution in [0.3, 0.4) is 0 Å². The van der Waals surface area contributed by atoms with E-state index in [-0.39, 0.29) is 35.9 Å². The maximum absolute atomic E-state index is 12.6. The Balaban J connectivity index is 3.39. The maximum Gasteiger partial charge on any atom is 0.321 e. The zero-order chi connectivity index (χ0) is 28.3. The Kier molecular flexibility index (Phi) is 13.3. The lowest BCUT2D eigenvalue weighted by Crippen LogP contribution is -2.41. The Morgan fingerprint density at radius 3 is 1.86 bits per heavy atom. The lowest BCUT2D eigenvalue weighted by atomic mass is 9.82. The number of carboxylic acids is 1. The molecular formula is C28H43NO8. The molecule has 37 heavy (non-hydrogen) atoms. The van der Waals surface area contributed by atoms with Crippen molar-refractivity contribution >= 4 is 23.9 Å². The number of carbonyl (C=O) groups excluding carboxylic acids is 3. The number of hydrogen-bond acceptors (Lipinski definition) is 8. The minimum Gasteiger partial charge on any atom is -0.480 e. The van der Waals surface area contributed by atoms with Gasteiger partial charge < -0.3 is 25.1 Å². The number of nitrogens with two attached hydrogens (primary N) is 1. The number of ether oxygens (including phenoxy) is 3. The molecule has 0 fully saturated rings. The molecule has 6 atom stereocenters. The van der Waals surface area contributed by atoms with Crippen LogP contribution in [-0.2, 0) is 23.9 Å². The predicted molar refractivity (Wildman–Crippen MR) is 139 cm³/mol. The second-order valence-electron chi connectivity index (χ2n) is 9.85.